The number of rotatable bonds is 7. The molecule has 10 nitrogen and oxygen atoms in total. The van der Waals surface area contributed by atoms with Crippen molar-refractivity contribution in [2.75, 3.05) is 39.8 Å². The molecular weight excluding hydrogens is 412 g/mol. The Bertz CT molecular complexity index is 583. The molecule has 2 rings (SSSR count). The summed E-state index contributed by atoms with van der Waals surface area (Å²) in [6.45, 7) is 13.8. The van der Waals surface area contributed by atoms with Gasteiger partial charge in [0.05, 0.1) is 13.3 Å². The molecule has 10 heteroatoms. The molecule has 1 amide bonds. The number of aliphatic hydroxyl groups excluding tert-OH is 1. The number of carbonyl (C=O) groups is 2. The van der Waals surface area contributed by atoms with Crippen LogP contribution in [0.5, 0.6) is 0 Å². The van der Waals surface area contributed by atoms with Crippen molar-refractivity contribution in [2.45, 2.75) is 71.5 Å². The zero-order valence-electron chi connectivity index (χ0n) is 20.6. The third kappa shape index (κ3) is 10.1. The largest absolute Gasteiger partial charge is 0.494 e. The highest BCUT2D eigenvalue weighted by molar-refractivity contribution is 5.88. The molecule has 0 aliphatic carbocycles. The topological polar surface area (TPSA) is 155 Å². The van der Waals surface area contributed by atoms with E-state index in [1.807, 2.05) is 13.8 Å². The van der Waals surface area contributed by atoms with Gasteiger partial charge < -0.3 is 42.2 Å². The van der Waals surface area contributed by atoms with Gasteiger partial charge in [-0.05, 0) is 58.2 Å². The Kier molecular flexibility index (Phi) is 14.7. The first-order valence-corrected chi connectivity index (χ1v) is 11.5. The lowest BCUT2D eigenvalue weighted by Gasteiger charge is -2.29. The van der Waals surface area contributed by atoms with Crippen LogP contribution in [0.4, 0.5) is 0 Å². The number of carbonyl (C=O) groups excluding carboxylic acids is 2. The normalized spacial score (nSPS) is 22.8. The Balaban J connectivity index is 0.000000679. The number of nitrogens with two attached hydrogens (primary N) is 1. The zero-order chi connectivity index (χ0) is 23.4. The van der Waals surface area contributed by atoms with E-state index in [0.717, 1.165) is 6.42 Å². The lowest BCUT2D eigenvalue weighted by molar-refractivity contribution is -0.151. The van der Waals surface area contributed by atoms with Crippen molar-refractivity contribution in [1.29, 1.82) is 0 Å². The predicted molar refractivity (Wildman–Crippen MR) is 127 cm³/mol. The van der Waals surface area contributed by atoms with E-state index >= 15 is 0 Å². The van der Waals surface area contributed by atoms with Crippen LogP contribution in [0.2, 0.25) is 0 Å². The Labute approximate surface area is 193 Å². The van der Waals surface area contributed by atoms with Crippen LogP contribution < -0.4 is 22.5 Å². The predicted octanol–water partition coefficient (Wildman–Crippen LogP) is 1.32. The molecule has 0 bridgehead atoms. The number of aliphatic hydroxyl groups is 1. The van der Waals surface area contributed by atoms with Gasteiger partial charge in [-0.1, -0.05) is 20.8 Å². The van der Waals surface area contributed by atoms with Gasteiger partial charge in [0.2, 0.25) is 5.91 Å². The lowest BCUT2D eigenvalue weighted by atomic mass is 10.0. The Hall–Kier alpha value is -2.04. The summed E-state index contributed by atoms with van der Waals surface area (Å²) in [5.74, 6) is -0.993. The molecule has 0 aromatic heterocycles. The van der Waals surface area contributed by atoms with Crippen LogP contribution in [0.1, 0.15) is 53.4 Å². The molecule has 0 radical (unpaired) electrons. The summed E-state index contributed by atoms with van der Waals surface area (Å²) in [6.07, 6.45) is 5.17. The smallest absolute Gasteiger partial charge is 0.328 e. The van der Waals surface area contributed by atoms with Crippen LogP contribution >= 0.6 is 0 Å². The summed E-state index contributed by atoms with van der Waals surface area (Å²) in [5, 5.41) is 15.3. The number of methoxy groups -OCH3 is 1. The average molecular weight is 459 g/mol. The van der Waals surface area contributed by atoms with Crippen LogP contribution in [0, 0.1) is 5.92 Å². The fourth-order valence-corrected chi connectivity index (χ4v) is 4.03. The summed E-state index contributed by atoms with van der Waals surface area (Å²) in [5.41, 5.74) is 5.15. The Morgan fingerprint density at radius 3 is 2.56 bits per heavy atom. The molecule has 2 saturated heterocycles. The van der Waals surface area contributed by atoms with E-state index in [2.05, 4.69) is 29.4 Å². The lowest BCUT2D eigenvalue weighted by Crippen LogP contribution is -2.51. The molecule has 188 valence electrons. The van der Waals surface area contributed by atoms with E-state index in [1.54, 1.807) is 0 Å². The fraction of sp³-hybridized carbons (Fsp3) is 0.818. The van der Waals surface area contributed by atoms with Crippen molar-refractivity contribution in [3.8, 4) is 0 Å². The quantitative estimate of drug-likeness (QED) is 0.280. The summed E-state index contributed by atoms with van der Waals surface area (Å²) < 4.78 is 4.73. The number of amides is 1. The highest BCUT2D eigenvalue weighted by Crippen LogP contribution is 2.21. The molecule has 8 N–H and O–H groups in total. The van der Waals surface area contributed by atoms with Gasteiger partial charge in [-0.25, -0.2) is 4.79 Å². The average Bonchev–Trinajstić information content (AvgIpc) is 3.11. The van der Waals surface area contributed by atoms with Crippen molar-refractivity contribution in [1.82, 2.24) is 26.6 Å². The molecule has 2 aliphatic rings. The van der Waals surface area contributed by atoms with E-state index in [1.165, 1.54) is 57.2 Å². The van der Waals surface area contributed by atoms with Crippen molar-refractivity contribution < 1.29 is 19.4 Å². The summed E-state index contributed by atoms with van der Waals surface area (Å²) in [6, 6.07) is -0.388. The Morgan fingerprint density at radius 1 is 1.31 bits per heavy atom. The van der Waals surface area contributed by atoms with E-state index in [0.29, 0.717) is 19.0 Å². The number of ether oxygens (including phenoxy) is 1. The van der Waals surface area contributed by atoms with Crippen LogP contribution in [0.15, 0.2) is 12.1 Å². The second kappa shape index (κ2) is 15.7. The summed E-state index contributed by atoms with van der Waals surface area (Å²) >= 11 is 0. The van der Waals surface area contributed by atoms with Gasteiger partial charge in [0, 0.05) is 19.1 Å². The molecular formula is C22H46N6O4. The number of hydrogen-bond acceptors (Lipinski definition) is 9. The standard InChI is InChI=1S/C13H23N3O4.C9H20N2.H3N/c1-8(2)11(15-7-10(14)17)12(18)16-6-4-5-9(16)13(19)20-3;1-3-6-11-7-4-5-10-9(2)8-11;/h7-9,11,15,17H,4-6,14H2,1-3H3;9-10H,3-8H2,1-2H3;1H3/b10-7+;;/t9-,11?;9-;/m00./s1. The molecule has 1 unspecified atom stereocenters. The van der Waals surface area contributed by atoms with Crippen molar-refractivity contribution in [3.05, 3.63) is 12.1 Å². The molecule has 0 aromatic rings. The minimum absolute atomic E-state index is 0. The molecule has 32 heavy (non-hydrogen) atoms. The minimum Gasteiger partial charge on any atom is -0.494 e. The maximum absolute atomic E-state index is 12.5. The third-order valence-electron chi connectivity index (χ3n) is 5.57. The van der Waals surface area contributed by atoms with Gasteiger partial charge in [0.15, 0.2) is 5.88 Å². The van der Waals surface area contributed by atoms with E-state index in [9.17, 15) is 9.59 Å². The van der Waals surface area contributed by atoms with E-state index in [4.69, 9.17) is 15.6 Å². The van der Waals surface area contributed by atoms with Crippen LogP contribution in [-0.2, 0) is 14.3 Å². The summed E-state index contributed by atoms with van der Waals surface area (Å²) in [7, 11) is 1.32. The Morgan fingerprint density at radius 2 is 2.00 bits per heavy atom. The zero-order valence-corrected chi connectivity index (χ0v) is 20.6. The molecule has 3 atom stereocenters. The number of esters is 1. The highest BCUT2D eigenvalue weighted by atomic mass is 16.5. The molecule has 2 fully saturated rings. The number of hydrogen-bond donors (Lipinski definition) is 5. The van der Waals surface area contributed by atoms with E-state index in [-0.39, 0.29) is 18.0 Å². The van der Waals surface area contributed by atoms with Crippen LogP contribution in [0.3, 0.4) is 0 Å². The van der Waals surface area contributed by atoms with Crippen molar-refractivity contribution >= 4 is 11.9 Å². The minimum atomic E-state index is -0.550. The molecule has 0 saturated carbocycles. The SMILES string of the molecule is CCCN1CCCN[C@@H](C)C1.COC(=O)[C@@H]1CCCN1C(=O)C(N/C=C(\N)O)C(C)C.N. The van der Waals surface area contributed by atoms with Crippen LogP contribution in [0.25, 0.3) is 0 Å². The maximum atomic E-state index is 12.5. The van der Waals surface area contributed by atoms with Gasteiger partial charge in [-0.3, -0.25) is 4.79 Å². The number of nitrogens with zero attached hydrogens (tertiary/aromatic N) is 2. The van der Waals surface area contributed by atoms with Gasteiger partial charge in [0.25, 0.3) is 0 Å². The fourth-order valence-electron chi connectivity index (χ4n) is 4.03. The van der Waals surface area contributed by atoms with Gasteiger partial charge >= 0.3 is 5.97 Å². The molecule has 0 spiro atoms. The third-order valence-corrected chi connectivity index (χ3v) is 5.57. The maximum Gasteiger partial charge on any atom is 0.328 e. The summed E-state index contributed by atoms with van der Waals surface area (Å²) in [4.78, 5) is 28.3. The number of nitrogens with one attached hydrogen (secondary N) is 2. The highest BCUT2D eigenvalue weighted by Gasteiger charge is 2.38. The first-order chi connectivity index (χ1) is 14.7. The number of likely N-dealkylation sites (tertiary alicyclic amines) is 1. The molecule has 0 aromatic carbocycles. The van der Waals surface area contributed by atoms with Crippen molar-refractivity contribution in [3.63, 3.8) is 0 Å². The van der Waals surface area contributed by atoms with Crippen molar-refractivity contribution in [2.24, 2.45) is 11.7 Å². The first kappa shape index (κ1) is 30.0. The van der Waals surface area contributed by atoms with E-state index < -0.39 is 23.9 Å². The van der Waals surface area contributed by atoms with Crippen LogP contribution in [-0.4, -0.2) is 84.7 Å². The molecule has 2 heterocycles. The van der Waals surface area contributed by atoms with Gasteiger partial charge in [0.1, 0.15) is 12.1 Å². The van der Waals surface area contributed by atoms with Gasteiger partial charge in [-0.2, -0.15) is 0 Å². The first-order valence-electron chi connectivity index (χ1n) is 11.5. The van der Waals surface area contributed by atoms with Gasteiger partial charge in [-0.15, -0.1) is 0 Å². The second-order valence-corrected chi connectivity index (χ2v) is 8.68. The molecule has 2 aliphatic heterocycles. The second-order valence-electron chi connectivity index (χ2n) is 8.68. The monoisotopic (exact) mass is 458 g/mol.